The molecule has 0 unspecified atom stereocenters. The van der Waals surface area contributed by atoms with Crippen LogP contribution in [0.4, 0.5) is 23.0 Å². The quantitative estimate of drug-likeness (QED) is 0.798. The zero-order valence-corrected chi connectivity index (χ0v) is 13.3. The van der Waals surface area contributed by atoms with Crippen LogP contribution in [0.5, 0.6) is 0 Å². The third-order valence-corrected chi connectivity index (χ3v) is 3.43. The van der Waals surface area contributed by atoms with Crippen LogP contribution in [-0.2, 0) is 0 Å². The number of nitrogens with two attached hydrogens (primary N) is 1. The van der Waals surface area contributed by atoms with E-state index < -0.39 is 0 Å². The van der Waals surface area contributed by atoms with E-state index in [1.807, 2.05) is 12.1 Å². The highest BCUT2D eigenvalue weighted by atomic mass is 35.5. The zero-order valence-electron chi connectivity index (χ0n) is 11.8. The average molecular weight is 348 g/mol. The van der Waals surface area contributed by atoms with Gasteiger partial charge in [-0.25, -0.2) is 9.97 Å². The minimum atomic E-state index is -0.0217. The second-order valence-corrected chi connectivity index (χ2v) is 5.22. The molecule has 0 amide bonds. The van der Waals surface area contributed by atoms with Gasteiger partial charge >= 0.3 is 0 Å². The molecule has 0 saturated carbocycles. The summed E-state index contributed by atoms with van der Waals surface area (Å²) in [7, 11) is 0. The van der Waals surface area contributed by atoms with Crippen LogP contribution in [0.3, 0.4) is 0 Å². The van der Waals surface area contributed by atoms with Crippen molar-refractivity contribution in [1.29, 1.82) is 10.5 Å². The molecule has 0 aliphatic rings. The van der Waals surface area contributed by atoms with Gasteiger partial charge in [0, 0.05) is 5.02 Å². The Morgan fingerprint density at radius 2 is 1.87 bits per heavy atom. The Kier molecular flexibility index (Phi) is 5.42. The lowest BCUT2D eigenvalue weighted by Crippen LogP contribution is -2.26. The minimum Gasteiger partial charge on any atom is -0.393 e. The summed E-state index contributed by atoms with van der Waals surface area (Å²) in [5, 5.41) is 21.6. The number of rotatable bonds is 5. The largest absolute Gasteiger partial charge is 0.393 e. The van der Waals surface area contributed by atoms with E-state index in [9.17, 15) is 0 Å². The Balaban J connectivity index is 2.38. The molecular formula is C14H11Cl2N7. The monoisotopic (exact) mass is 347 g/mol. The van der Waals surface area contributed by atoms with E-state index in [0.717, 1.165) is 0 Å². The third-order valence-electron chi connectivity index (χ3n) is 2.87. The van der Waals surface area contributed by atoms with Crippen LogP contribution >= 0.6 is 23.2 Å². The van der Waals surface area contributed by atoms with Crippen molar-refractivity contribution in [2.45, 2.75) is 0 Å². The molecule has 7 nitrogen and oxygen atoms in total. The van der Waals surface area contributed by atoms with E-state index in [2.05, 4.69) is 15.3 Å². The first-order valence-electron chi connectivity index (χ1n) is 6.38. The number of hydrogen-bond acceptors (Lipinski definition) is 7. The van der Waals surface area contributed by atoms with E-state index in [1.165, 1.54) is 11.2 Å². The van der Waals surface area contributed by atoms with E-state index in [0.29, 0.717) is 27.4 Å². The van der Waals surface area contributed by atoms with Gasteiger partial charge in [0.15, 0.2) is 11.6 Å². The summed E-state index contributed by atoms with van der Waals surface area (Å²) in [6, 6.07) is 8.86. The number of hydrogen-bond donors (Lipinski definition) is 2. The summed E-state index contributed by atoms with van der Waals surface area (Å²) in [6.07, 6.45) is 1.29. The molecule has 0 spiro atoms. The first-order valence-corrected chi connectivity index (χ1v) is 7.13. The van der Waals surface area contributed by atoms with Crippen molar-refractivity contribution >= 4 is 46.2 Å². The number of aromatic nitrogens is 2. The molecule has 3 N–H and O–H groups in total. The molecule has 9 heteroatoms. The van der Waals surface area contributed by atoms with E-state index in [-0.39, 0.29) is 18.8 Å². The maximum absolute atomic E-state index is 8.85. The Morgan fingerprint density at radius 3 is 2.52 bits per heavy atom. The summed E-state index contributed by atoms with van der Waals surface area (Å²) < 4.78 is 0. The molecule has 0 fully saturated rings. The average Bonchev–Trinajstić information content (AvgIpc) is 2.53. The van der Waals surface area contributed by atoms with Crippen molar-refractivity contribution in [3.8, 4) is 12.1 Å². The van der Waals surface area contributed by atoms with Crippen LogP contribution in [-0.4, -0.2) is 23.1 Å². The van der Waals surface area contributed by atoms with Crippen molar-refractivity contribution in [2.75, 3.05) is 29.0 Å². The molecule has 0 aliphatic carbocycles. The fraction of sp³-hybridized carbons (Fsp3) is 0.143. The molecular weight excluding hydrogens is 337 g/mol. The van der Waals surface area contributed by atoms with Crippen molar-refractivity contribution in [3.05, 3.63) is 34.6 Å². The number of nitrogens with one attached hydrogen (secondary N) is 1. The van der Waals surface area contributed by atoms with Gasteiger partial charge in [0.25, 0.3) is 0 Å². The zero-order chi connectivity index (χ0) is 16.8. The highest BCUT2D eigenvalue weighted by Gasteiger charge is 2.15. The molecule has 1 aromatic carbocycles. The number of nitrogens with zero attached hydrogens (tertiary/aromatic N) is 5. The maximum Gasteiger partial charge on any atom is 0.159 e. The predicted octanol–water partition coefficient (Wildman–Crippen LogP) is 2.96. The molecule has 0 radical (unpaired) electrons. The summed E-state index contributed by atoms with van der Waals surface area (Å²) in [5.74, 6) is 0.601. The van der Waals surface area contributed by atoms with E-state index in [4.69, 9.17) is 39.5 Å². The second-order valence-electron chi connectivity index (χ2n) is 4.38. The van der Waals surface area contributed by atoms with Crippen molar-refractivity contribution in [1.82, 2.24) is 9.97 Å². The number of halogens is 2. The first-order chi connectivity index (χ1) is 11.1. The fourth-order valence-electron chi connectivity index (χ4n) is 1.84. The summed E-state index contributed by atoms with van der Waals surface area (Å²) in [5.41, 5.74) is 6.79. The molecule has 1 aromatic heterocycles. The smallest absolute Gasteiger partial charge is 0.159 e. The Hall–Kier alpha value is -2.74. The van der Waals surface area contributed by atoms with Gasteiger partial charge < -0.3 is 16.0 Å². The van der Waals surface area contributed by atoms with Gasteiger partial charge in [0.2, 0.25) is 0 Å². The third kappa shape index (κ3) is 3.92. The molecule has 1 heterocycles. The van der Waals surface area contributed by atoms with Gasteiger partial charge in [-0.2, -0.15) is 10.5 Å². The number of nitriles is 2. The van der Waals surface area contributed by atoms with Gasteiger partial charge in [0.1, 0.15) is 25.1 Å². The number of anilines is 4. The van der Waals surface area contributed by atoms with Crippen LogP contribution in [0.1, 0.15) is 0 Å². The molecule has 23 heavy (non-hydrogen) atoms. The fourth-order valence-corrected chi connectivity index (χ4v) is 2.17. The molecule has 2 aromatic rings. The lowest BCUT2D eigenvalue weighted by Gasteiger charge is -2.20. The SMILES string of the molecule is N#CCN(CC#N)c1ncnc(Nc2cc(Cl)ccc2Cl)c1N. The summed E-state index contributed by atoms with van der Waals surface area (Å²) in [6.45, 7) is -0.0434. The van der Waals surface area contributed by atoms with Crippen LogP contribution in [0, 0.1) is 22.7 Å². The van der Waals surface area contributed by atoms with Crippen LogP contribution in [0.25, 0.3) is 0 Å². The molecule has 116 valence electrons. The van der Waals surface area contributed by atoms with Gasteiger partial charge in [-0.1, -0.05) is 23.2 Å². The standard InChI is InChI=1S/C14H11Cl2N7/c15-9-1-2-10(16)11(7-9)22-13-12(19)14(21-8-20-13)23(5-3-17)6-4-18/h1-2,7-8H,5-6,19H2,(H,20,21,22). The Labute approximate surface area is 142 Å². The summed E-state index contributed by atoms with van der Waals surface area (Å²) >= 11 is 12.0. The van der Waals surface area contributed by atoms with Gasteiger partial charge in [-0.3, -0.25) is 0 Å². The molecule has 0 saturated heterocycles. The number of nitrogen functional groups attached to an aromatic ring is 1. The van der Waals surface area contributed by atoms with Crippen LogP contribution in [0.15, 0.2) is 24.5 Å². The molecule has 0 bridgehead atoms. The number of benzene rings is 1. The van der Waals surface area contributed by atoms with Gasteiger partial charge in [0.05, 0.1) is 22.8 Å². The van der Waals surface area contributed by atoms with E-state index >= 15 is 0 Å². The minimum absolute atomic E-state index is 0.0217. The molecule has 2 rings (SSSR count). The highest BCUT2D eigenvalue weighted by molar-refractivity contribution is 6.35. The molecule has 0 aliphatic heterocycles. The predicted molar refractivity (Wildman–Crippen MR) is 89.6 cm³/mol. The summed E-state index contributed by atoms with van der Waals surface area (Å²) in [4.78, 5) is 9.56. The van der Waals surface area contributed by atoms with Crippen molar-refractivity contribution < 1.29 is 0 Å². The normalized spacial score (nSPS) is 9.74. The van der Waals surface area contributed by atoms with Gasteiger partial charge in [-0.05, 0) is 18.2 Å². The highest BCUT2D eigenvalue weighted by Crippen LogP contribution is 2.32. The van der Waals surface area contributed by atoms with E-state index in [1.54, 1.807) is 18.2 Å². The Bertz CT molecular complexity index is 779. The van der Waals surface area contributed by atoms with Crippen LogP contribution in [0.2, 0.25) is 10.0 Å². The second kappa shape index (κ2) is 7.50. The Morgan fingerprint density at radius 1 is 1.17 bits per heavy atom. The maximum atomic E-state index is 8.85. The van der Waals surface area contributed by atoms with Crippen LogP contribution < -0.4 is 16.0 Å². The van der Waals surface area contributed by atoms with Gasteiger partial charge in [-0.15, -0.1) is 0 Å². The van der Waals surface area contributed by atoms with Crippen molar-refractivity contribution in [2.24, 2.45) is 0 Å². The topological polar surface area (TPSA) is 115 Å². The molecule has 0 atom stereocenters. The lowest BCUT2D eigenvalue weighted by molar-refractivity contribution is 0.930. The lowest BCUT2D eigenvalue weighted by atomic mass is 10.3. The first kappa shape index (κ1) is 16.6. The van der Waals surface area contributed by atoms with Crippen molar-refractivity contribution in [3.63, 3.8) is 0 Å².